The van der Waals surface area contributed by atoms with Gasteiger partial charge in [0.15, 0.2) is 11.5 Å². The summed E-state index contributed by atoms with van der Waals surface area (Å²) in [6.45, 7) is 5.07. The number of hydrogen-bond acceptors (Lipinski definition) is 3. The van der Waals surface area contributed by atoms with Gasteiger partial charge < -0.3 is 14.6 Å². The van der Waals surface area contributed by atoms with Crippen molar-refractivity contribution < 1.29 is 19.4 Å². The SMILES string of the molecule is CC(C)c1c(CCC(=O)O)cc(Cl)c2c1OCCO2. The molecule has 0 saturated heterocycles. The number of carboxylic acids is 1. The van der Waals surface area contributed by atoms with Crippen LogP contribution in [0.2, 0.25) is 5.02 Å². The van der Waals surface area contributed by atoms with Gasteiger partial charge in [0.05, 0.1) is 5.02 Å². The van der Waals surface area contributed by atoms with E-state index in [1.54, 1.807) is 6.07 Å². The molecule has 1 N–H and O–H groups in total. The minimum absolute atomic E-state index is 0.0791. The fourth-order valence-corrected chi connectivity index (χ4v) is 2.59. The van der Waals surface area contributed by atoms with Gasteiger partial charge >= 0.3 is 5.97 Å². The molecule has 19 heavy (non-hydrogen) atoms. The molecule has 0 radical (unpaired) electrons. The molecule has 0 spiro atoms. The van der Waals surface area contributed by atoms with E-state index in [-0.39, 0.29) is 12.3 Å². The van der Waals surface area contributed by atoms with Crippen molar-refractivity contribution in [2.75, 3.05) is 13.2 Å². The number of rotatable bonds is 4. The summed E-state index contributed by atoms with van der Waals surface area (Å²) in [7, 11) is 0. The molecule has 0 fully saturated rings. The Labute approximate surface area is 117 Å². The van der Waals surface area contributed by atoms with E-state index in [9.17, 15) is 4.79 Å². The molecule has 2 rings (SSSR count). The number of ether oxygens (including phenoxy) is 2. The average molecular weight is 285 g/mol. The zero-order chi connectivity index (χ0) is 14.0. The van der Waals surface area contributed by atoms with E-state index in [0.29, 0.717) is 36.2 Å². The van der Waals surface area contributed by atoms with Gasteiger partial charge in [-0.15, -0.1) is 0 Å². The molecular weight excluding hydrogens is 268 g/mol. The molecule has 1 heterocycles. The van der Waals surface area contributed by atoms with Gasteiger partial charge in [-0.05, 0) is 24.0 Å². The lowest BCUT2D eigenvalue weighted by atomic mass is 9.92. The van der Waals surface area contributed by atoms with Crippen LogP contribution in [0.15, 0.2) is 6.07 Å². The molecule has 0 atom stereocenters. The third kappa shape index (κ3) is 2.95. The second-order valence-corrected chi connectivity index (χ2v) is 5.24. The molecule has 1 aromatic rings. The van der Waals surface area contributed by atoms with Gasteiger partial charge in [0, 0.05) is 12.0 Å². The summed E-state index contributed by atoms with van der Waals surface area (Å²) in [5.41, 5.74) is 1.92. The summed E-state index contributed by atoms with van der Waals surface area (Å²) in [6.07, 6.45) is 0.523. The Morgan fingerprint density at radius 3 is 2.58 bits per heavy atom. The van der Waals surface area contributed by atoms with Crippen molar-refractivity contribution in [2.45, 2.75) is 32.6 Å². The fraction of sp³-hybridized carbons (Fsp3) is 0.500. The molecule has 1 aliphatic heterocycles. The number of fused-ring (bicyclic) bond motifs is 1. The maximum atomic E-state index is 10.7. The van der Waals surface area contributed by atoms with Gasteiger partial charge in [0.2, 0.25) is 0 Å². The normalized spacial score (nSPS) is 13.7. The van der Waals surface area contributed by atoms with Crippen LogP contribution in [0.5, 0.6) is 11.5 Å². The molecule has 0 saturated carbocycles. The van der Waals surface area contributed by atoms with Crippen LogP contribution >= 0.6 is 11.6 Å². The van der Waals surface area contributed by atoms with Gasteiger partial charge in [-0.25, -0.2) is 0 Å². The number of benzene rings is 1. The third-order valence-corrected chi connectivity index (χ3v) is 3.36. The highest BCUT2D eigenvalue weighted by Crippen LogP contribution is 2.45. The predicted octanol–water partition coefficient (Wildman–Crippen LogP) is 3.25. The van der Waals surface area contributed by atoms with E-state index >= 15 is 0 Å². The zero-order valence-electron chi connectivity index (χ0n) is 11.0. The first-order valence-corrected chi connectivity index (χ1v) is 6.71. The van der Waals surface area contributed by atoms with Crippen LogP contribution in [-0.2, 0) is 11.2 Å². The van der Waals surface area contributed by atoms with Gasteiger partial charge in [0.25, 0.3) is 0 Å². The Morgan fingerprint density at radius 1 is 1.37 bits per heavy atom. The van der Waals surface area contributed by atoms with Crippen LogP contribution in [0.3, 0.4) is 0 Å². The van der Waals surface area contributed by atoms with Crippen molar-refractivity contribution in [1.29, 1.82) is 0 Å². The monoisotopic (exact) mass is 284 g/mol. The molecule has 104 valence electrons. The summed E-state index contributed by atoms with van der Waals surface area (Å²) in [5, 5.41) is 9.31. The highest BCUT2D eigenvalue weighted by atomic mass is 35.5. The number of halogens is 1. The number of carboxylic acid groups (broad SMARTS) is 1. The average Bonchev–Trinajstić information content (AvgIpc) is 2.36. The van der Waals surface area contributed by atoms with Crippen LogP contribution in [0.4, 0.5) is 0 Å². The number of hydrogen-bond donors (Lipinski definition) is 1. The van der Waals surface area contributed by atoms with Crippen molar-refractivity contribution in [3.63, 3.8) is 0 Å². The van der Waals surface area contributed by atoms with Crippen molar-refractivity contribution in [3.8, 4) is 11.5 Å². The maximum Gasteiger partial charge on any atom is 0.303 e. The van der Waals surface area contributed by atoms with E-state index in [0.717, 1.165) is 11.1 Å². The van der Waals surface area contributed by atoms with Crippen LogP contribution in [0, 0.1) is 0 Å². The number of aryl methyl sites for hydroxylation is 1. The molecule has 4 nitrogen and oxygen atoms in total. The number of carbonyl (C=O) groups is 1. The van der Waals surface area contributed by atoms with Crippen molar-refractivity contribution in [2.24, 2.45) is 0 Å². The van der Waals surface area contributed by atoms with E-state index in [2.05, 4.69) is 0 Å². The molecule has 1 aromatic carbocycles. The smallest absolute Gasteiger partial charge is 0.303 e. The molecule has 0 bridgehead atoms. The Balaban J connectivity index is 2.47. The second kappa shape index (κ2) is 5.70. The molecule has 0 aromatic heterocycles. The van der Waals surface area contributed by atoms with Crippen LogP contribution in [0.25, 0.3) is 0 Å². The summed E-state index contributed by atoms with van der Waals surface area (Å²) in [4.78, 5) is 10.7. The first-order chi connectivity index (χ1) is 9.00. The van der Waals surface area contributed by atoms with Crippen molar-refractivity contribution >= 4 is 17.6 Å². The van der Waals surface area contributed by atoms with Crippen LogP contribution in [0.1, 0.15) is 37.3 Å². The van der Waals surface area contributed by atoms with Gasteiger partial charge in [-0.1, -0.05) is 25.4 Å². The third-order valence-electron chi connectivity index (χ3n) is 3.08. The quantitative estimate of drug-likeness (QED) is 0.922. The Morgan fingerprint density at radius 2 is 2.00 bits per heavy atom. The van der Waals surface area contributed by atoms with E-state index < -0.39 is 5.97 Å². The Hall–Kier alpha value is -1.42. The summed E-state index contributed by atoms with van der Waals surface area (Å²) in [5.74, 6) is 0.655. The Bertz CT molecular complexity index is 497. The first-order valence-electron chi connectivity index (χ1n) is 6.33. The fourth-order valence-electron chi connectivity index (χ4n) is 2.32. The van der Waals surface area contributed by atoms with Crippen LogP contribution in [-0.4, -0.2) is 24.3 Å². The predicted molar refractivity (Wildman–Crippen MR) is 72.5 cm³/mol. The summed E-state index contributed by atoms with van der Waals surface area (Å²) >= 11 is 6.19. The van der Waals surface area contributed by atoms with Gasteiger partial charge in [-0.2, -0.15) is 0 Å². The van der Waals surface area contributed by atoms with Gasteiger partial charge in [-0.3, -0.25) is 4.79 Å². The topological polar surface area (TPSA) is 55.8 Å². The molecule has 0 unspecified atom stereocenters. The molecule has 5 heteroatoms. The standard InChI is InChI=1S/C14H17ClO4/c1-8(2)12-9(3-4-11(16)17)7-10(15)13-14(12)19-6-5-18-13/h7-8H,3-6H2,1-2H3,(H,16,17). The maximum absolute atomic E-state index is 10.7. The molecule has 0 amide bonds. The van der Waals surface area contributed by atoms with Crippen molar-refractivity contribution in [3.05, 3.63) is 22.2 Å². The minimum atomic E-state index is -0.819. The van der Waals surface area contributed by atoms with Crippen molar-refractivity contribution in [1.82, 2.24) is 0 Å². The summed E-state index contributed by atoms with van der Waals surface area (Å²) in [6, 6.07) is 1.80. The van der Waals surface area contributed by atoms with Gasteiger partial charge in [0.1, 0.15) is 13.2 Å². The minimum Gasteiger partial charge on any atom is -0.486 e. The lowest BCUT2D eigenvalue weighted by molar-refractivity contribution is -0.136. The Kier molecular flexibility index (Phi) is 4.20. The number of aliphatic carboxylic acids is 1. The van der Waals surface area contributed by atoms with E-state index in [1.165, 1.54) is 0 Å². The highest BCUT2D eigenvalue weighted by Gasteiger charge is 2.24. The first kappa shape index (κ1) is 14.0. The second-order valence-electron chi connectivity index (χ2n) is 4.83. The zero-order valence-corrected chi connectivity index (χ0v) is 11.8. The molecule has 1 aliphatic rings. The molecule has 0 aliphatic carbocycles. The largest absolute Gasteiger partial charge is 0.486 e. The lowest BCUT2D eigenvalue weighted by Crippen LogP contribution is -2.18. The lowest BCUT2D eigenvalue weighted by Gasteiger charge is -2.26. The van der Waals surface area contributed by atoms with Crippen LogP contribution < -0.4 is 9.47 Å². The van der Waals surface area contributed by atoms with E-state index in [4.69, 9.17) is 26.2 Å². The van der Waals surface area contributed by atoms with E-state index in [1.807, 2.05) is 13.8 Å². The molecular formula is C14H17ClO4. The summed E-state index contributed by atoms with van der Waals surface area (Å²) < 4.78 is 11.2. The highest BCUT2D eigenvalue weighted by molar-refractivity contribution is 6.32.